The lowest BCUT2D eigenvalue weighted by Gasteiger charge is -2.25. The molecule has 0 radical (unpaired) electrons. The summed E-state index contributed by atoms with van der Waals surface area (Å²) < 4.78 is 1.03. The zero-order chi connectivity index (χ0) is 14.7. The highest BCUT2D eigenvalue weighted by molar-refractivity contribution is 9.10. The van der Waals surface area contributed by atoms with Crippen LogP contribution >= 0.6 is 27.7 Å². The van der Waals surface area contributed by atoms with E-state index in [9.17, 15) is 9.59 Å². The molecule has 20 heavy (non-hydrogen) atoms. The number of nitrogens with zero attached hydrogens (tertiary/aromatic N) is 1. The average Bonchev–Trinajstić information content (AvgIpc) is 2.77. The van der Waals surface area contributed by atoms with E-state index >= 15 is 0 Å². The standard InChI is InChI=1S/C15H18BrNO2S/c1-10(13-4-3-5-14(16)7-13)17-8-12(6-15(17)19)9-20-11(2)18/h3-5,7,10,12H,6,8-9H2,1-2H3. The Morgan fingerprint density at radius 2 is 2.30 bits per heavy atom. The van der Waals surface area contributed by atoms with Gasteiger partial charge in [0.15, 0.2) is 5.12 Å². The van der Waals surface area contributed by atoms with Crippen LogP contribution < -0.4 is 0 Å². The minimum absolute atomic E-state index is 0.0762. The van der Waals surface area contributed by atoms with Gasteiger partial charge < -0.3 is 4.90 Å². The predicted octanol–water partition coefficient (Wildman–Crippen LogP) is 3.64. The van der Waals surface area contributed by atoms with Crippen LogP contribution in [0.2, 0.25) is 0 Å². The van der Waals surface area contributed by atoms with Crippen LogP contribution in [0.25, 0.3) is 0 Å². The molecule has 2 unspecified atom stereocenters. The minimum Gasteiger partial charge on any atom is -0.336 e. The van der Waals surface area contributed by atoms with Crippen LogP contribution in [0.4, 0.5) is 0 Å². The Morgan fingerprint density at radius 3 is 2.95 bits per heavy atom. The summed E-state index contributed by atoms with van der Waals surface area (Å²) in [6, 6.07) is 8.14. The van der Waals surface area contributed by atoms with Crippen molar-refractivity contribution >= 4 is 38.7 Å². The van der Waals surface area contributed by atoms with Gasteiger partial charge >= 0.3 is 0 Å². The highest BCUT2D eigenvalue weighted by Crippen LogP contribution is 2.31. The van der Waals surface area contributed by atoms with Crippen molar-refractivity contribution in [3.05, 3.63) is 34.3 Å². The summed E-state index contributed by atoms with van der Waals surface area (Å²) in [5, 5.41) is 0.121. The smallest absolute Gasteiger partial charge is 0.223 e. The number of hydrogen-bond donors (Lipinski definition) is 0. The van der Waals surface area contributed by atoms with Crippen LogP contribution in [-0.4, -0.2) is 28.2 Å². The van der Waals surface area contributed by atoms with Gasteiger partial charge in [-0.25, -0.2) is 0 Å². The quantitative estimate of drug-likeness (QED) is 0.827. The maximum absolute atomic E-state index is 12.1. The van der Waals surface area contributed by atoms with Gasteiger partial charge in [0.25, 0.3) is 0 Å². The molecule has 108 valence electrons. The monoisotopic (exact) mass is 355 g/mol. The van der Waals surface area contributed by atoms with Gasteiger partial charge in [0, 0.05) is 30.1 Å². The maximum atomic E-state index is 12.1. The zero-order valence-electron chi connectivity index (χ0n) is 11.6. The van der Waals surface area contributed by atoms with Crippen LogP contribution in [-0.2, 0) is 9.59 Å². The number of likely N-dealkylation sites (tertiary alicyclic amines) is 1. The molecular formula is C15H18BrNO2S. The average molecular weight is 356 g/mol. The van der Waals surface area contributed by atoms with E-state index in [1.807, 2.05) is 23.1 Å². The molecule has 1 aromatic carbocycles. The van der Waals surface area contributed by atoms with E-state index in [1.165, 1.54) is 11.8 Å². The molecule has 3 nitrogen and oxygen atoms in total. The molecule has 0 spiro atoms. The third-order valence-electron chi connectivity index (χ3n) is 3.56. The van der Waals surface area contributed by atoms with Gasteiger partial charge in [0.2, 0.25) is 5.91 Å². The number of carbonyl (C=O) groups excluding carboxylic acids is 2. The largest absolute Gasteiger partial charge is 0.336 e. The van der Waals surface area contributed by atoms with E-state index in [2.05, 4.69) is 28.9 Å². The predicted molar refractivity (Wildman–Crippen MR) is 85.5 cm³/mol. The molecule has 1 amide bonds. The summed E-state index contributed by atoms with van der Waals surface area (Å²) in [5.74, 6) is 1.21. The van der Waals surface area contributed by atoms with Crippen LogP contribution in [0, 0.1) is 5.92 Å². The van der Waals surface area contributed by atoms with Crippen LogP contribution in [0.5, 0.6) is 0 Å². The fraction of sp³-hybridized carbons (Fsp3) is 0.467. The minimum atomic E-state index is 0.0762. The molecule has 0 bridgehead atoms. The Bertz CT molecular complexity index is 520. The number of benzene rings is 1. The fourth-order valence-corrected chi connectivity index (χ4v) is 3.59. The third kappa shape index (κ3) is 3.85. The van der Waals surface area contributed by atoms with Crippen LogP contribution in [0.15, 0.2) is 28.7 Å². The molecule has 5 heteroatoms. The Labute approximate surface area is 132 Å². The molecule has 0 saturated carbocycles. The van der Waals surface area contributed by atoms with Gasteiger partial charge in [-0.15, -0.1) is 0 Å². The molecule has 1 heterocycles. The lowest BCUT2D eigenvalue weighted by atomic mass is 10.1. The Hall–Kier alpha value is -0.810. The molecule has 1 aromatic rings. The summed E-state index contributed by atoms with van der Waals surface area (Å²) in [6.07, 6.45) is 0.554. The Kier molecular flexibility index (Phi) is 5.27. The van der Waals surface area contributed by atoms with Crippen molar-refractivity contribution in [1.82, 2.24) is 4.90 Å². The van der Waals surface area contributed by atoms with Gasteiger partial charge in [-0.3, -0.25) is 9.59 Å². The van der Waals surface area contributed by atoms with Crippen molar-refractivity contribution in [2.45, 2.75) is 26.3 Å². The first kappa shape index (κ1) is 15.6. The summed E-state index contributed by atoms with van der Waals surface area (Å²) in [4.78, 5) is 25.1. The fourth-order valence-electron chi connectivity index (χ4n) is 2.48. The van der Waals surface area contributed by atoms with Crippen molar-refractivity contribution < 1.29 is 9.59 Å². The number of rotatable bonds is 4. The molecule has 2 rings (SSSR count). The second-order valence-electron chi connectivity index (χ2n) is 5.15. The van der Waals surface area contributed by atoms with Crippen molar-refractivity contribution in [1.29, 1.82) is 0 Å². The molecule has 2 atom stereocenters. The van der Waals surface area contributed by atoms with Crippen molar-refractivity contribution in [3.63, 3.8) is 0 Å². The van der Waals surface area contributed by atoms with Gasteiger partial charge in [0.1, 0.15) is 0 Å². The van der Waals surface area contributed by atoms with Crippen molar-refractivity contribution in [2.75, 3.05) is 12.3 Å². The SMILES string of the molecule is CC(=O)SCC1CC(=O)N(C(C)c2cccc(Br)c2)C1. The van der Waals surface area contributed by atoms with Crippen LogP contribution in [0.1, 0.15) is 31.9 Å². The highest BCUT2D eigenvalue weighted by atomic mass is 79.9. The number of carbonyl (C=O) groups is 2. The van der Waals surface area contributed by atoms with Gasteiger partial charge in [-0.2, -0.15) is 0 Å². The van der Waals surface area contributed by atoms with E-state index in [0.717, 1.165) is 22.3 Å². The maximum Gasteiger partial charge on any atom is 0.223 e. The summed E-state index contributed by atoms with van der Waals surface area (Å²) >= 11 is 4.78. The topological polar surface area (TPSA) is 37.4 Å². The highest BCUT2D eigenvalue weighted by Gasteiger charge is 2.33. The number of thioether (sulfide) groups is 1. The van der Waals surface area contributed by atoms with E-state index in [1.54, 1.807) is 6.92 Å². The number of hydrogen-bond acceptors (Lipinski definition) is 3. The summed E-state index contributed by atoms with van der Waals surface area (Å²) in [7, 11) is 0. The van der Waals surface area contributed by atoms with Crippen LogP contribution in [0.3, 0.4) is 0 Å². The second-order valence-corrected chi connectivity index (χ2v) is 7.26. The lowest BCUT2D eigenvalue weighted by molar-refractivity contribution is -0.129. The van der Waals surface area contributed by atoms with Crippen molar-refractivity contribution in [3.8, 4) is 0 Å². The molecule has 1 saturated heterocycles. The van der Waals surface area contributed by atoms with Gasteiger partial charge in [-0.1, -0.05) is 39.8 Å². The molecule has 1 fully saturated rings. The molecule has 1 aliphatic heterocycles. The first-order valence-electron chi connectivity index (χ1n) is 6.65. The summed E-state index contributed by atoms with van der Waals surface area (Å²) in [6.45, 7) is 4.37. The third-order valence-corrected chi connectivity index (χ3v) is 5.10. The first-order valence-corrected chi connectivity index (χ1v) is 8.43. The molecular weight excluding hydrogens is 338 g/mol. The first-order chi connectivity index (χ1) is 9.47. The zero-order valence-corrected chi connectivity index (χ0v) is 14.0. The molecule has 0 N–H and O–H groups in total. The van der Waals surface area contributed by atoms with E-state index in [-0.39, 0.29) is 23.0 Å². The van der Waals surface area contributed by atoms with E-state index in [0.29, 0.717) is 6.42 Å². The molecule has 0 aromatic heterocycles. The number of amides is 1. The molecule has 0 aliphatic carbocycles. The lowest BCUT2D eigenvalue weighted by Crippen LogP contribution is -2.28. The number of halogens is 1. The Morgan fingerprint density at radius 1 is 1.55 bits per heavy atom. The Balaban J connectivity index is 2.02. The van der Waals surface area contributed by atoms with Gasteiger partial charge in [0.05, 0.1) is 6.04 Å². The van der Waals surface area contributed by atoms with Gasteiger partial charge in [-0.05, 0) is 30.5 Å². The van der Waals surface area contributed by atoms with E-state index in [4.69, 9.17) is 0 Å². The molecule has 1 aliphatic rings. The second kappa shape index (κ2) is 6.76. The van der Waals surface area contributed by atoms with E-state index < -0.39 is 0 Å². The van der Waals surface area contributed by atoms with Crippen molar-refractivity contribution in [2.24, 2.45) is 5.92 Å². The normalized spacial score (nSPS) is 20.2. The summed E-state index contributed by atoms with van der Waals surface area (Å²) in [5.41, 5.74) is 1.13.